The Morgan fingerprint density at radius 1 is 0.944 bits per heavy atom. The van der Waals surface area contributed by atoms with E-state index < -0.39 is 7.67 Å². The van der Waals surface area contributed by atoms with Crippen molar-refractivity contribution in [1.29, 1.82) is 0 Å². The maximum atomic E-state index is 13.3. The van der Waals surface area contributed by atoms with Crippen molar-refractivity contribution in [2.24, 2.45) is 0 Å². The maximum Gasteiger partial charge on any atom is 0.346 e. The topological polar surface area (TPSA) is 51.2 Å². The molecule has 18 heavy (non-hydrogen) atoms. The van der Waals surface area contributed by atoms with Crippen LogP contribution in [-0.2, 0) is 18.6 Å². The maximum absolute atomic E-state index is 13.3. The van der Waals surface area contributed by atoms with Crippen LogP contribution in [0.5, 0.6) is 0 Å². The van der Waals surface area contributed by atoms with Gasteiger partial charge in [-0.2, -0.15) is 0 Å². The summed E-state index contributed by atoms with van der Waals surface area (Å²) < 4.78 is 33.6. The molecule has 0 saturated carbocycles. The summed E-state index contributed by atoms with van der Waals surface area (Å²) in [5.41, 5.74) is 0. The molecule has 2 aliphatic heterocycles. The van der Waals surface area contributed by atoms with Gasteiger partial charge in [0, 0.05) is 26.2 Å². The summed E-state index contributed by atoms with van der Waals surface area (Å²) in [4.78, 5) is 0. The largest absolute Gasteiger partial charge is 0.379 e. The fourth-order valence-electron chi connectivity index (χ4n) is 2.20. The normalized spacial score (nSPS) is 24.6. The number of rotatable bonds is 4. The van der Waals surface area contributed by atoms with Gasteiger partial charge in [0.25, 0.3) is 0 Å². The first kappa shape index (κ1) is 14.4. The molecule has 0 spiro atoms. The van der Waals surface area contributed by atoms with Gasteiger partial charge in [0.2, 0.25) is 0 Å². The van der Waals surface area contributed by atoms with Gasteiger partial charge in [-0.1, -0.05) is 0 Å². The van der Waals surface area contributed by atoms with Gasteiger partial charge in [-0.15, -0.1) is 0 Å². The summed E-state index contributed by atoms with van der Waals surface area (Å²) in [6.45, 7) is 9.00. The second-order valence-electron chi connectivity index (χ2n) is 4.78. The number of hydrogen-bond donors (Lipinski definition) is 0. The Balaban J connectivity index is 2.12. The molecular formula is C11H23N2O4P. The first-order chi connectivity index (χ1) is 8.63. The van der Waals surface area contributed by atoms with Crippen LogP contribution in [0.3, 0.4) is 0 Å². The molecular weight excluding hydrogens is 255 g/mol. The number of hydrogen-bond acceptors (Lipinski definition) is 4. The highest BCUT2D eigenvalue weighted by Crippen LogP contribution is 2.55. The molecule has 2 saturated heterocycles. The van der Waals surface area contributed by atoms with Crippen LogP contribution >= 0.6 is 7.67 Å². The first-order valence-corrected chi connectivity index (χ1v) is 8.11. The second-order valence-corrected chi connectivity index (χ2v) is 7.10. The third-order valence-electron chi connectivity index (χ3n) is 3.04. The van der Waals surface area contributed by atoms with E-state index in [4.69, 9.17) is 14.0 Å². The van der Waals surface area contributed by atoms with Crippen LogP contribution < -0.4 is 0 Å². The minimum absolute atomic E-state index is 0.0541. The summed E-state index contributed by atoms with van der Waals surface area (Å²) in [5.74, 6) is 0. The van der Waals surface area contributed by atoms with Crippen molar-refractivity contribution in [2.45, 2.75) is 20.0 Å². The molecule has 0 radical (unpaired) electrons. The average molecular weight is 278 g/mol. The lowest BCUT2D eigenvalue weighted by Crippen LogP contribution is -2.44. The highest BCUT2D eigenvalue weighted by Gasteiger charge is 2.40. The van der Waals surface area contributed by atoms with Gasteiger partial charge in [0.05, 0.1) is 32.5 Å². The first-order valence-electron chi connectivity index (χ1n) is 6.58. The summed E-state index contributed by atoms with van der Waals surface area (Å²) in [5, 5.41) is 0. The van der Waals surface area contributed by atoms with Gasteiger partial charge >= 0.3 is 7.67 Å². The lowest BCUT2D eigenvalue weighted by atomic mass is 10.5. The van der Waals surface area contributed by atoms with Crippen molar-refractivity contribution >= 4 is 7.67 Å². The van der Waals surface area contributed by atoms with Crippen molar-refractivity contribution in [3.63, 3.8) is 0 Å². The van der Waals surface area contributed by atoms with E-state index >= 15 is 0 Å². The molecule has 0 atom stereocenters. The van der Waals surface area contributed by atoms with E-state index in [0.717, 1.165) is 0 Å². The predicted molar refractivity (Wildman–Crippen MR) is 68.6 cm³/mol. The number of morpholine rings is 2. The fourth-order valence-corrected chi connectivity index (χ4v) is 4.71. The average Bonchev–Trinajstić information content (AvgIpc) is 2.40. The van der Waals surface area contributed by atoms with Gasteiger partial charge in [0.1, 0.15) is 0 Å². The Labute approximate surface area is 109 Å². The summed E-state index contributed by atoms with van der Waals surface area (Å²) in [6.07, 6.45) is -0.0541. The molecule has 0 amide bonds. The standard InChI is InChI=1S/C11H23N2O4P/c1-11(2)17-18(14,12-3-7-15-8-4-12)13-5-9-16-10-6-13/h11H,3-10H2,1-2H3. The van der Waals surface area contributed by atoms with Crippen molar-refractivity contribution in [1.82, 2.24) is 9.34 Å². The molecule has 2 rings (SSSR count). The minimum Gasteiger partial charge on any atom is -0.379 e. The van der Waals surface area contributed by atoms with Gasteiger partial charge in [-0.3, -0.25) is 4.57 Å². The molecule has 0 unspecified atom stereocenters. The van der Waals surface area contributed by atoms with Crippen LogP contribution in [-0.4, -0.2) is 68.1 Å². The molecule has 106 valence electrons. The molecule has 2 aliphatic rings. The highest BCUT2D eigenvalue weighted by molar-refractivity contribution is 7.54. The Bertz CT molecular complexity index is 279. The molecule has 0 aromatic heterocycles. The third-order valence-corrected chi connectivity index (χ3v) is 5.96. The van der Waals surface area contributed by atoms with Crippen molar-refractivity contribution < 1.29 is 18.6 Å². The predicted octanol–water partition coefficient (Wildman–Crippen LogP) is 1.18. The van der Waals surface area contributed by atoms with Gasteiger partial charge in [0.15, 0.2) is 0 Å². The molecule has 6 nitrogen and oxygen atoms in total. The lowest BCUT2D eigenvalue weighted by Gasteiger charge is -2.41. The summed E-state index contributed by atoms with van der Waals surface area (Å²) in [7, 11) is -2.92. The van der Waals surface area contributed by atoms with Crippen LogP contribution in [0.2, 0.25) is 0 Å². The van der Waals surface area contributed by atoms with Crippen LogP contribution in [0.1, 0.15) is 13.8 Å². The molecule has 0 N–H and O–H groups in total. The van der Waals surface area contributed by atoms with E-state index in [-0.39, 0.29) is 6.10 Å². The van der Waals surface area contributed by atoms with Crippen molar-refractivity contribution in [3.05, 3.63) is 0 Å². The smallest absolute Gasteiger partial charge is 0.346 e. The molecule has 0 aromatic carbocycles. The molecule has 2 heterocycles. The Hall–Kier alpha value is 0.0300. The third kappa shape index (κ3) is 3.32. The van der Waals surface area contributed by atoms with Crippen molar-refractivity contribution in [2.75, 3.05) is 52.6 Å². The van der Waals surface area contributed by atoms with Crippen LogP contribution in [0.25, 0.3) is 0 Å². The Morgan fingerprint density at radius 2 is 1.33 bits per heavy atom. The van der Waals surface area contributed by atoms with Gasteiger partial charge in [-0.05, 0) is 13.8 Å². The summed E-state index contributed by atoms with van der Waals surface area (Å²) >= 11 is 0. The SMILES string of the molecule is CC(C)OP(=O)(N1CCOCC1)N1CCOCC1. The minimum atomic E-state index is -2.92. The van der Waals surface area contributed by atoms with E-state index in [1.54, 1.807) is 0 Å². The zero-order chi connectivity index (χ0) is 13.0. The molecule has 0 bridgehead atoms. The van der Waals surface area contributed by atoms with E-state index in [1.807, 2.05) is 23.2 Å². The summed E-state index contributed by atoms with van der Waals surface area (Å²) in [6, 6.07) is 0. The highest BCUT2D eigenvalue weighted by atomic mass is 31.2. The van der Waals surface area contributed by atoms with Crippen LogP contribution in [0.4, 0.5) is 0 Å². The zero-order valence-electron chi connectivity index (χ0n) is 11.2. The fraction of sp³-hybridized carbons (Fsp3) is 1.00. The van der Waals surface area contributed by atoms with E-state index in [2.05, 4.69) is 0 Å². The molecule has 2 fully saturated rings. The molecule has 7 heteroatoms. The number of nitrogens with zero attached hydrogens (tertiary/aromatic N) is 2. The van der Waals surface area contributed by atoms with Crippen LogP contribution in [0, 0.1) is 0 Å². The monoisotopic (exact) mass is 278 g/mol. The Morgan fingerprint density at radius 3 is 1.67 bits per heavy atom. The van der Waals surface area contributed by atoms with E-state index in [9.17, 15) is 4.57 Å². The number of ether oxygens (including phenoxy) is 2. The Kier molecular flexibility index (Phi) is 5.18. The quantitative estimate of drug-likeness (QED) is 0.720. The second kappa shape index (κ2) is 6.46. The van der Waals surface area contributed by atoms with E-state index in [1.165, 1.54) is 0 Å². The molecule has 0 aliphatic carbocycles. The van der Waals surface area contributed by atoms with Gasteiger partial charge < -0.3 is 14.0 Å². The van der Waals surface area contributed by atoms with Crippen molar-refractivity contribution in [3.8, 4) is 0 Å². The zero-order valence-corrected chi connectivity index (χ0v) is 12.1. The van der Waals surface area contributed by atoms with Crippen LogP contribution in [0.15, 0.2) is 0 Å². The molecule has 0 aromatic rings. The van der Waals surface area contributed by atoms with E-state index in [0.29, 0.717) is 52.6 Å². The van der Waals surface area contributed by atoms with Gasteiger partial charge in [-0.25, -0.2) is 9.34 Å². The lowest BCUT2D eigenvalue weighted by molar-refractivity contribution is 0.0333.